The third-order valence-corrected chi connectivity index (χ3v) is 3.62. The molecule has 1 N–H and O–H groups in total. The summed E-state index contributed by atoms with van der Waals surface area (Å²) in [6.07, 6.45) is 2.66. The Bertz CT molecular complexity index is 348. The highest BCUT2D eigenvalue weighted by atomic mass is 35.5. The Hall–Kier alpha value is -0.570. The molecule has 0 heterocycles. The molecule has 2 rings (SSSR count). The minimum atomic E-state index is 0.341. The summed E-state index contributed by atoms with van der Waals surface area (Å²) < 4.78 is 5.28. The number of hydrogen-bond donors (Lipinski definition) is 1. The van der Waals surface area contributed by atoms with Crippen LogP contribution in [0.4, 0.5) is 0 Å². The second-order valence-corrected chi connectivity index (χ2v) is 5.28. The number of nitrogens with one attached hydrogen (secondary N) is 1. The van der Waals surface area contributed by atoms with Crippen LogP contribution in [-0.4, -0.2) is 19.8 Å². The molecular formula is C14H20ClNO. The molecule has 2 nitrogen and oxygen atoms in total. The van der Waals surface area contributed by atoms with E-state index in [0.29, 0.717) is 12.1 Å². The third-order valence-electron chi connectivity index (χ3n) is 3.37. The quantitative estimate of drug-likeness (QED) is 0.839. The van der Waals surface area contributed by atoms with E-state index in [9.17, 15) is 0 Å². The number of rotatable bonds is 6. The average Bonchev–Trinajstić information content (AvgIpc) is 3.13. The van der Waals surface area contributed by atoms with E-state index in [0.717, 1.165) is 17.5 Å². The first-order chi connectivity index (χ1) is 8.20. The lowest BCUT2D eigenvalue weighted by atomic mass is 10.1. The lowest BCUT2D eigenvalue weighted by molar-refractivity contribution is 0.152. The van der Waals surface area contributed by atoms with Crippen molar-refractivity contribution in [2.45, 2.75) is 31.8 Å². The minimum absolute atomic E-state index is 0.341. The summed E-state index contributed by atoms with van der Waals surface area (Å²) in [6, 6.07) is 8.86. The monoisotopic (exact) mass is 253 g/mol. The molecule has 0 spiro atoms. The number of halogens is 1. The molecule has 0 amide bonds. The predicted octanol–water partition coefficient (Wildman–Crippen LogP) is 3.42. The molecular weight excluding hydrogens is 234 g/mol. The van der Waals surface area contributed by atoms with Crippen LogP contribution in [0.1, 0.15) is 31.4 Å². The van der Waals surface area contributed by atoms with Crippen molar-refractivity contribution in [3.63, 3.8) is 0 Å². The largest absolute Gasteiger partial charge is 0.383 e. The van der Waals surface area contributed by atoms with E-state index in [1.807, 2.05) is 12.1 Å². The molecule has 1 aromatic carbocycles. The summed E-state index contributed by atoms with van der Waals surface area (Å²) in [4.78, 5) is 0. The second-order valence-electron chi connectivity index (χ2n) is 4.84. The molecule has 0 bridgehead atoms. The molecule has 1 aliphatic carbocycles. The van der Waals surface area contributed by atoms with Gasteiger partial charge in [0.25, 0.3) is 0 Å². The predicted molar refractivity (Wildman–Crippen MR) is 71.4 cm³/mol. The zero-order valence-corrected chi connectivity index (χ0v) is 11.2. The van der Waals surface area contributed by atoms with Crippen molar-refractivity contribution >= 4 is 11.6 Å². The van der Waals surface area contributed by atoms with Crippen molar-refractivity contribution in [3.05, 3.63) is 34.9 Å². The molecule has 1 aliphatic rings. The van der Waals surface area contributed by atoms with Crippen molar-refractivity contribution in [1.29, 1.82) is 0 Å². The number of benzene rings is 1. The van der Waals surface area contributed by atoms with Crippen LogP contribution in [0.2, 0.25) is 5.02 Å². The highest BCUT2D eigenvalue weighted by Gasteiger charge is 2.31. The average molecular weight is 254 g/mol. The summed E-state index contributed by atoms with van der Waals surface area (Å²) in [5.74, 6) is 0.796. The number of methoxy groups -OCH3 is 1. The molecule has 94 valence electrons. The molecule has 0 saturated heterocycles. The van der Waals surface area contributed by atoms with E-state index in [-0.39, 0.29) is 0 Å². The van der Waals surface area contributed by atoms with Crippen molar-refractivity contribution in [3.8, 4) is 0 Å². The van der Waals surface area contributed by atoms with E-state index in [1.54, 1.807) is 7.11 Å². The smallest absolute Gasteiger partial charge is 0.0618 e. The van der Waals surface area contributed by atoms with Crippen LogP contribution >= 0.6 is 11.6 Å². The fourth-order valence-corrected chi connectivity index (χ4v) is 2.29. The van der Waals surface area contributed by atoms with E-state index in [1.165, 1.54) is 18.4 Å². The zero-order chi connectivity index (χ0) is 12.3. The Kier molecular flexibility index (Phi) is 4.43. The number of ether oxygens (including phenoxy) is 1. The van der Waals surface area contributed by atoms with E-state index >= 15 is 0 Å². The minimum Gasteiger partial charge on any atom is -0.383 e. The molecule has 2 atom stereocenters. The van der Waals surface area contributed by atoms with Crippen LogP contribution in [0, 0.1) is 5.92 Å². The van der Waals surface area contributed by atoms with Crippen LogP contribution in [-0.2, 0) is 4.74 Å². The summed E-state index contributed by atoms with van der Waals surface area (Å²) in [7, 11) is 1.77. The maximum atomic E-state index is 5.89. The maximum absolute atomic E-state index is 5.89. The lowest BCUT2D eigenvalue weighted by Gasteiger charge is -2.23. The second kappa shape index (κ2) is 5.85. The normalized spacial score (nSPS) is 19.0. The maximum Gasteiger partial charge on any atom is 0.0618 e. The molecule has 0 aliphatic heterocycles. The zero-order valence-electron chi connectivity index (χ0n) is 10.4. The molecule has 1 saturated carbocycles. The van der Waals surface area contributed by atoms with Crippen molar-refractivity contribution in [1.82, 2.24) is 5.32 Å². The summed E-state index contributed by atoms with van der Waals surface area (Å²) in [5, 5.41) is 4.44. The van der Waals surface area contributed by atoms with E-state index in [4.69, 9.17) is 16.3 Å². The highest BCUT2D eigenvalue weighted by molar-refractivity contribution is 6.30. The van der Waals surface area contributed by atoms with Crippen molar-refractivity contribution < 1.29 is 4.74 Å². The Morgan fingerprint density at radius 2 is 2.00 bits per heavy atom. The Morgan fingerprint density at radius 3 is 2.53 bits per heavy atom. The van der Waals surface area contributed by atoms with Gasteiger partial charge in [-0.15, -0.1) is 0 Å². The van der Waals surface area contributed by atoms with Crippen molar-refractivity contribution in [2.24, 2.45) is 5.92 Å². The van der Waals surface area contributed by atoms with Crippen LogP contribution < -0.4 is 5.32 Å². The summed E-state index contributed by atoms with van der Waals surface area (Å²) in [5.41, 5.74) is 1.27. The molecule has 17 heavy (non-hydrogen) atoms. The lowest BCUT2D eigenvalue weighted by Crippen LogP contribution is -2.36. The van der Waals surface area contributed by atoms with Gasteiger partial charge < -0.3 is 10.1 Å². The van der Waals surface area contributed by atoms with Gasteiger partial charge in [0.05, 0.1) is 6.61 Å². The number of hydrogen-bond acceptors (Lipinski definition) is 2. The first-order valence-corrected chi connectivity index (χ1v) is 6.59. The van der Waals surface area contributed by atoms with Crippen LogP contribution in [0.25, 0.3) is 0 Å². The molecule has 3 heteroatoms. The topological polar surface area (TPSA) is 21.3 Å². The first-order valence-electron chi connectivity index (χ1n) is 6.21. The van der Waals surface area contributed by atoms with Crippen LogP contribution in [0.15, 0.2) is 24.3 Å². The molecule has 2 unspecified atom stereocenters. The van der Waals surface area contributed by atoms with Gasteiger partial charge in [-0.25, -0.2) is 0 Å². The van der Waals surface area contributed by atoms with Gasteiger partial charge in [-0.2, -0.15) is 0 Å². The van der Waals surface area contributed by atoms with E-state index < -0.39 is 0 Å². The van der Waals surface area contributed by atoms with E-state index in [2.05, 4.69) is 24.4 Å². The standard InChI is InChI=1S/C14H20ClNO/c1-10(11-5-7-13(15)8-6-11)16-14(9-17-2)12-3-4-12/h5-8,10,12,14,16H,3-4,9H2,1-2H3. The Balaban J connectivity index is 1.94. The summed E-state index contributed by atoms with van der Waals surface area (Å²) in [6.45, 7) is 2.98. The highest BCUT2D eigenvalue weighted by Crippen LogP contribution is 2.33. The molecule has 0 aromatic heterocycles. The van der Waals surface area contributed by atoms with Crippen LogP contribution in [0.3, 0.4) is 0 Å². The van der Waals surface area contributed by atoms with Gasteiger partial charge in [0.2, 0.25) is 0 Å². The molecule has 1 aromatic rings. The SMILES string of the molecule is COCC(NC(C)c1ccc(Cl)cc1)C1CC1. The van der Waals surface area contributed by atoms with Gasteiger partial charge in [0.1, 0.15) is 0 Å². The Labute approximate surface area is 108 Å². The fraction of sp³-hybridized carbons (Fsp3) is 0.571. The fourth-order valence-electron chi connectivity index (χ4n) is 2.17. The van der Waals surface area contributed by atoms with Gasteiger partial charge >= 0.3 is 0 Å². The van der Waals surface area contributed by atoms with Gasteiger partial charge in [-0.3, -0.25) is 0 Å². The molecule has 1 fully saturated rings. The van der Waals surface area contributed by atoms with Gasteiger partial charge in [0.15, 0.2) is 0 Å². The summed E-state index contributed by atoms with van der Waals surface area (Å²) >= 11 is 5.89. The molecule has 0 radical (unpaired) electrons. The first kappa shape index (κ1) is 12.9. The van der Waals surface area contributed by atoms with Gasteiger partial charge in [-0.1, -0.05) is 23.7 Å². The third kappa shape index (κ3) is 3.70. The van der Waals surface area contributed by atoms with Gasteiger partial charge in [0, 0.05) is 24.2 Å². The van der Waals surface area contributed by atoms with Crippen molar-refractivity contribution in [2.75, 3.05) is 13.7 Å². The van der Waals surface area contributed by atoms with Crippen LogP contribution in [0.5, 0.6) is 0 Å². The Morgan fingerprint density at radius 1 is 1.35 bits per heavy atom. The van der Waals surface area contributed by atoms with Gasteiger partial charge in [-0.05, 0) is 43.4 Å².